The molecule has 2 fully saturated rings. The minimum atomic E-state index is 0.710. The molecule has 0 aromatic heterocycles. The molecule has 3 unspecified atom stereocenters. The number of nitrogens with zero attached hydrogens (tertiary/aromatic N) is 1. The van der Waals surface area contributed by atoms with Crippen LogP contribution in [0.5, 0.6) is 0 Å². The average molecular weight is 286 g/mol. The van der Waals surface area contributed by atoms with E-state index >= 15 is 0 Å². The molecule has 0 amide bonds. The van der Waals surface area contributed by atoms with Crippen molar-refractivity contribution in [3.63, 3.8) is 0 Å². The molecule has 3 atom stereocenters. The highest BCUT2D eigenvalue weighted by atomic mass is 15.2. The summed E-state index contributed by atoms with van der Waals surface area (Å²) in [5.74, 6) is 0.730. The van der Waals surface area contributed by atoms with Gasteiger partial charge in [0.05, 0.1) is 0 Å². The van der Waals surface area contributed by atoms with Crippen LogP contribution in [0.1, 0.15) is 56.4 Å². The minimum Gasteiger partial charge on any atom is -0.313 e. The van der Waals surface area contributed by atoms with Crippen molar-refractivity contribution < 1.29 is 0 Å². The van der Waals surface area contributed by atoms with Gasteiger partial charge in [-0.3, -0.25) is 0 Å². The third-order valence-corrected chi connectivity index (χ3v) is 5.44. The highest BCUT2D eigenvalue weighted by Crippen LogP contribution is 2.35. The molecule has 1 saturated heterocycles. The maximum Gasteiger partial charge on any atom is 0.0195 e. The van der Waals surface area contributed by atoms with Gasteiger partial charge in [-0.15, -0.1) is 0 Å². The van der Waals surface area contributed by atoms with E-state index in [0.29, 0.717) is 6.04 Å². The molecule has 1 saturated carbocycles. The number of nitrogens with one attached hydrogen (secondary N) is 1. The van der Waals surface area contributed by atoms with E-state index in [2.05, 4.69) is 47.6 Å². The Balaban J connectivity index is 1.65. The lowest BCUT2D eigenvalue weighted by Crippen LogP contribution is -2.47. The van der Waals surface area contributed by atoms with Gasteiger partial charge >= 0.3 is 0 Å². The van der Waals surface area contributed by atoms with Crippen LogP contribution in [0.15, 0.2) is 30.3 Å². The van der Waals surface area contributed by atoms with Crippen LogP contribution in [-0.2, 0) is 0 Å². The summed E-state index contributed by atoms with van der Waals surface area (Å²) >= 11 is 0. The molecule has 0 bridgehead atoms. The topological polar surface area (TPSA) is 15.3 Å². The lowest BCUT2D eigenvalue weighted by atomic mass is 9.79. The second-order valence-electron chi connectivity index (χ2n) is 6.96. The molecule has 21 heavy (non-hydrogen) atoms. The molecule has 116 valence electrons. The van der Waals surface area contributed by atoms with Gasteiger partial charge in [-0.25, -0.2) is 0 Å². The fourth-order valence-electron chi connectivity index (χ4n) is 4.29. The van der Waals surface area contributed by atoms with Crippen molar-refractivity contribution in [2.75, 3.05) is 20.1 Å². The second-order valence-corrected chi connectivity index (χ2v) is 6.96. The lowest BCUT2D eigenvalue weighted by molar-refractivity contribution is 0.146. The maximum absolute atomic E-state index is 3.70. The van der Waals surface area contributed by atoms with Gasteiger partial charge in [0.15, 0.2) is 0 Å². The van der Waals surface area contributed by atoms with Gasteiger partial charge in [0.2, 0.25) is 0 Å². The fraction of sp³-hybridized carbons (Fsp3) is 0.684. The van der Waals surface area contributed by atoms with Crippen LogP contribution in [0.3, 0.4) is 0 Å². The Bertz CT molecular complexity index is 411. The number of piperidine rings is 1. The second kappa shape index (κ2) is 7.42. The summed E-state index contributed by atoms with van der Waals surface area (Å²) in [4.78, 5) is 2.65. The van der Waals surface area contributed by atoms with E-state index in [9.17, 15) is 0 Å². The van der Waals surface area contributed by atoms with Crippen molar-refractivity contribution in [2.45, 2.75) is 62.9 Å². The summed E-state index contributed by atoms with van der Waals surface area (Å²) in [6, 6.07) is 12.6. The van der Waals surface area contributed by atoms with Crippen molar-refractivity contribution in [3.05, 3.63) is 35.9 Å². The molecule has 1 aliphatic carbocycles. The number of likely N-dealkylation sites (N-methyl/N-ethyl adjacent to an activating group) is 1. The molecule has 1 heterocycles. The van der Waals surface area contributed by atoms with Gasteiger partial charge in [0.1, 0.15) is 0 Å². The normalized spacial score (nSPS) is 30.5. The zero-order valence-corrected chi connectivity index (χ0v) is 13.4. The van der Waals surface area contributed by atoms with Crippen molar-refractivity contribution >= 4 is 0 Å². The first-order valence-electron chi connectivity index (χ1n) is 8.83. The molecule has 2 nitrogen and oxygen atoms in total. The zero-order chi connectivity index (χ0) is 14.5. The summed E-state index contributed by atoms with van der Waals surface area (Å²) in [6.07, 6.45) is 9.63. The maximum atomic E-state index is 3.70. The smallest absolute Gasteiger partial charge is 0.0195 e. The predicted molar refractivity (Wildman–Crippen MR) is 89.7 cm³/mol. The van der Waals surface area contributed by atoms with Crippen molar-refractivity contribution in [2.24, 2.45) is 0 Å². The fourth-order valence-corrected chi connectivity index (χ4v) is 4.29. The SMILES string of the molecule is CN(CC1CCCCN1)C1CCCCC1c1ccccc1. The van der Waals surface area contributed by atoms with Gasteiger partial charge in [0.25, 0.3) is 0 Å². The minimum absolute atomic E-state index is 0.710. The van der Waals surface area contributed by atoms with Crippen LogP contribution in [0.4, 0.5) is 0 Å². The highest BCUT2D eigenvalue weighted by molar-refractivity contribution is 5.22. The van der Waals surface area contributed by atoms with Crippen LogP contribution in [0.2, 0.25) is 0 Å². The molecule has 2 aliphatic rings. The van der Waals surface area contributed by atoms with Gasteiger partial charge < -0.3 is 10.2 Å². The Kier molecular flexibility index (Phi) is 5.32. The predicted octanol–water partition coefficient (Wildman–Crippen LogP) is 3.79. The van der Waals surface area contributed by atoms with Crippen LogP contribution in [-0.4, -0.2) is 37.1 Å². The number of benzene rings is 1. The molecule has 3 rings (SSSR count). The molecule has 2 heteroatoms. The summed E-state index contributed by atoms with van der Waals surface area (Å²) in [5.41, 5.74) is 1.55. The van der Waals surface area contributed by atoms with Crippen LogP contribution in [0, 0.1) is 0 Å². The zero-order valence-electron chi connectivity index (χ0n) is 13.4. The van der Waals surface area contributed by atoms with Crippen molar-refractivity contribution in [3.8, 4) is 0 Å². The number of hydrogen-bond acceptors (Lipinski definition) is 2. The van der Waals surface area contributed by atoms with Crippen LogP contribution < -0.4 is 5.32 Å². The average Bonchev–Trinajstić information content (AvgIpc) is 2.56. The third-order valence-electron chi connectivity index (χ3n) is 5.44. The monoisotopic (exact) mass is 286 g/mol. The van der Waals surface area contributed by atoms with E-state index in [1.54, 1.807) is 5.56 Å². The van der Waals surface area contributed by atoms with Gasteiger partial charge in [0, 0.05) is 18.6 Å². The number of rotatable bonds is 4. The van der Waals surface area contributed by atoms with E-state index in [4.69, 9.17) is 0 Å². The molecule has 1 aromatic carbocycles. The lowest BCUT2D eigenvalue weighted by Gasteiger charge is -2.40. The Morgan fingerprint density at radius 1 is 1.00 bits per heavy atom. The Labute approximate surface area is 129 Å². The standard InChI is InChI=1S/C19H30N2/c1-21(15-17-11-7-8-14-20-17)19-13-6-5-12-18(19)16-9-3-2-4-10-16/h2-4,9-10,17-20H,5-8,11-15H2,1H3. The number of hydrogen-bond donors (Lipinski definition) is 1. The van der Waals surface area contributed by atoms with E-state index < -0.39 is 0 Å². The summed E-state index contributed by atoms with van der Waals surface area (Å²) in [7, 11) is 2.35. The van der Waals surface area contributed by atoms with Crippen LogP contribution in [0.25, 0.3) is 0 Å². The van der Waals surface area contributed by atoms with Crippen molar-refractivity contribution in [1.29, 1.82) is 0 Å². The summed E-state index contributed by atoms with van der Waals surface area (Å²) in [5, 5.41) is 3.70. The third kappa shape index (κ3) is 3.87. The Morgan fingerprint density at radius 3 is 2.52 bits per heavy atom. The van der Waals surface area contributed by atoms with Gasteiger partial charge in [-0.1, -0.05) is 49.6 Å². The molecule has 1 aromatic rings. The molecule has 0 spiro atoms. The molecule has 0 radical (unpaired) electrons. The van der Waals surface area contributed by atoms with E-state index in [-0.39, 0.29) is 0 Å². The highest BCUT2D eigenvalue weighted by Gasteiger charge is 2.30. The Hall–Kier alpha value is -0.860. The largest absolute Gasteiger partial charge is 0.313 e. The van der Waals surface area contributed by atoms with Crippen LogP contribution >= 0.6 is 0 Å². The quantitative estimate of drug-likeness (QED) is 0.906. The Morgan fingerprint density at radius 2 is 1.76 bits per heavy atom. The van der Waals surface area contributed by atoms with Gasteiger partial charge in [-0.05, 0) is 50.8 Å². The summed E-state index contributed by atoms with van der Waals surface area (Å²) < 4.78 is 0. The van der Waals surface area contributed by atoms with Gasteiger partial charge in [-0.2, -0.15) is 0 Å². The van der Waals surface area contributed by atoms with Crippen molar-refractivity contribution in [1.82, 2.24) is 10.2 Å². The first kappa shape index (κ1) is 15.1. The first-order chi connectivity index (χ1) is 10.3. The molecular formula is C19H30N2. The summed E-state index contributed by atoms with van der Waals surface area (Å²) in [6.45, 7) is 2.43. The van der Waals surface area contributed by atoms with E-state index in [0.717, 1.165) is 12.0 Å². The molecular weight excluding hydrogens is 256 g/mol. The first-order valence-corrected chi connectivity index (χ1v) is 8.83. The molecule has 1 N–H and O–H groups in total. The molecule has 1 aliphatic heterocycles. The van der Waals surface area contributed by atoms with E-state index in [1.807, 2.05) is 0 Å². The van der Waals surface area contributed by atoms with E-state index in [1.165, 1.54) is 58.0 Å².